The van der Waals surface area contributed by atoms with Gasteiger partial charge < -0.3 is 9.15 Å². The molecule has 0 spiro atoms. The maximum atomic E-state index is 12.8. The average Bonchev–Trinajstić information content (AvgIpc) is 3.14. The van der Waals surface area contributed by atoms with Gasteiger partial charge in [0, 0.05) is 11.1 Å². The van der Waals surface area contributed by atoms with Gasteiger partial charge in [0.25, 0.3) is 5.22 Å². The predicted octanol–water partition coefficient (Wildman–Crippen LogP) is 4.95. The zero-order valence-electron chi connectivity index (χ0n) is 16.1. The van der Waals surface area contributed by atoms with Crippen molar-refractivity contribution in [1.29, 1.82) is 0 Å². The number of hydrogen-bond donors (Lipinski definition) is 0. The Bertz CT molecular complexity index is 952. The summed E-state index contributed by atoms with van der Waals surface area (Å²) in [5.41, 5.74) is 5.94. The van der Waals surface area contributed by atoms with E-state index in [4.69, 9.17) is 9.15 Å². The van der Waals surface area contributed by atoms with Gasteiger partial charge >= 0.3 is 0 Å². The first-order valence-electron chi connectivity index (χ1n) is 8.62. The Hall–Kier alpha value is -2.60. The molecule has 0 aliphatic carbocycles. The molecule has 140 valence electrons. The summed E-state index contributed by atoms with van der Waals surface area (Å²) in [6, 6.07) is 9.50. The van der Waals surface area contributed by atoms with Gasteiger partial charge in [-0.2, -0.15) is 0 Å². The van der Waals surface area contributed by atoms with E-state index in [0.29, 0.717) is 11.1 Å². The van der Waals surface area contributed by atoms with Crippen LogP contribution in [0.1, 0.15) is 32.6 Å². The Morgan fingerprint density at radius 3 is 2.26 bits per heavy atom. The van der Waals surface area contributed by atoms with Crippen LogP contribution in [0.3, 0.4) is 0 Å². The third-order valence-electron chi connectivity index (χ3n) is 4.72. The molecule has 0 amide bonds. The molecule has 0 unspecified atom stereocenters. The van der Waals surface area contributed by atoms with Crippen LogP contribution in [0.2, 0.25) is 0 Å². The molecule has 5 nitrogen and oxygen atoms in total. The number of benzene rings is 2. The standard InChI is InChI=1S/C21H22N2O3S/c1-12-10-13(2)15(4)19(14(12)3)18(24)11-27-21-23-22-20(26-21)16-6-8-17(25-5)9-7-16/h6-10H,11H2,1-5H3. The van der Waals surface area contributed by atoms with Crippen molar-refractivity contribution < 1.29 is 13.9 Å². The molecule has 1 heterocycles. The first-order valence-corrected chi connectivity index (χ1v) is 9.60. The van der Waals surface area contributed by atoms with E-state index in [0.717, 1.165) is 39.1 Å². The number of rotatable bonds is 6. The third-order valence-corrected chi connectivity index (χ3v) is 5.53. The number of Topliss-reactive ketones (excluding diaryl/α,β-unsaturated/α-hetero) is 1. The number of aromatic nitrogens is 2. The zero-order valence-corrected chi connectivity index (χ0v) is 16.9. The molecule has 0 N–H and O–H groups in total. The average molecular weight is 382 g/mol. The second-order valence-corrected chi connectivity index (χ2v) is 7.38. The Balaban J connectivity index is 1.73. The summed E-state index contributed by atoms with van der Waals surface area (Å²) in [6.07, 6.45) is 0. The summed E-state index contributed by atoms with van der Waals surface area (Å²) in [5, 5.41) is 8.49. The molecule has 1 aromatic heterocycles. The van der Waals surface area contributed by atoms with Gasteiger partial charge in [0.05, 0.1) is 12.9 Å². The van der Waals surface area contributed by atoms with Crippen LogP contribution in [0, 0.1) is 27.7 Å². The van der Waals surface area contributed by atoms with E-state index >= 15 is 0 Å². The molecular weight excluding hydrogens is 360 g/mol. The number of carbonyl (C=O) groups excluding carboxylic acids is 1. The zero-order chi connectivity index (χ0) is 19.6. The van der Waals surface area contributed by atoms with Crippen molar-refractivity contribution in [2.24, 2.45) is 0 Å². The molecule has 0 bridgehead atoms. The van der Waals surface area contributed by atoms with E-state index < -0.39 is 0 Å². The lowest BCUT2D eigenvalue weighted by atomic mass is 9.92. The minimum Gasteiger partial charge on any atom is -0.497 e. The highest BCUT2D eigenvalue weighted by molar-refractivity contribution is 7.99. The molecule has 0 saturated heterocycles. The van der Waals surface area contributed by atoms with E-state index in [1.54, 1.807) is 7.11 Å². The molecule has 0 aliphatic rings. The Morgan fingerprint density at radius 1 is 1.04 bits per heavy atom. The summed E-state index contributed by atoms with van der Waals surface area (Å²) in [7, 11) is 1.62. The summed E-state index contributed by atoms with van der Waals surface area (Å²) < 4.78 is 10.8. The Morgan fingerprint density at radius 2 is 1.67 bits per heavy atom. The summed E-state index contributed by atoms with van der Waals surface area (Å²) >= 11 is 1.26. The van der Waals surface area contributed by atoms with Gasteiger partial charge in [-0.25, -0.2) is 0 Å². The van der Waals surface area contributed by atoms with Crippen LogP contribution in [0.4, 0.5) is 0 Å². The molecule has 2 aromatic carbocycles. The lowest BCUT2D eigenvalue weighted by Gasteiger charge is -2.13. The van der Waals surface area contributed by atoms with Gasteiger partial charge in [-0.1, -0.05) is 17.8 Å². The van der Waals surface area contributed by atoms with Gasteiger partial charge in [0.15, 0.2) is 5.78 Å². The monoisotopic (exact) mass is 382 g/mol. The van der Waals surface area contributed by atoms with Crippen LogP contribution in [0.15, 0.2) is 40.0 Å². The van der Waals surface area contributed by atoms with Crippen molar-refractivity contribution in [3.63, 3.8) is 0 Å². The van der Waals surface area contributed by atoms with Crippen molar-refractivity contribution in [3.8, 4) is 17.2 Å². The van der Waals surface area contributed by atoms with Crippen LogP contribution in [0.5, 0.6) is 5.75 Å². The van der Waals surface area contributed by atoms with E-state index in [9.17, 15) is 4.79 Å². The fourth-order valence-corrected chi connectivity index (χ4v) is 3.59. The van der Waals surface area contributed by atoms with Crippen LogP contribution in [-0.2, 0) is 0 Å². The maximum absolute atomic E-state index is 12.8. The number of ketones is 1. The second-order valence-electron chi connectivity index (χ2n) is 6.45. The fraction of sp³-hybridized carbons (Fsp3) is 0.286. The van der Waals surface area contributed by atoms with E-state index in [1.165, 1.54) is 11.8 Å². The molecule has 0 radical (unpaired) electrons. The van der Waals surface area contributed by atoms with Crippen LogP contribution in [-0.4, -0.2) is 28.8 Å². The minimum absolute atomic E-state index is 0.0750. The molecule has 3 rings (SSSR count). The highest BCUT2D eigenvalue weighted by Gasteiger charge is 2.18. The molecule has 0 aliphatic heterocycles. The van der Waals surface area contributed by atoms with Crippen LogP contribution >= 0.6 is 11.8 Å². The summed E-state index contributed by atoms with van der Waals surface area (Å²) in [4.78, 5) is 12.8. The van der Waals surface area contributed by atoms with Crippen molar-refractivity contribution in [3.05, 3.63) is 58.1 Å². The number of nitrogens with zero attached hydrogens (tertiary/aromatic N) is 2. The third kappa shape index (κ3) is 4.06. The van der Waals surface area contributed by atoms with E-state index in [2.05, 4.69) is 16.3 Å². The first-order chi connectivity index (χ1) is 12.9. The topological polar surface area (TPSA) is 65.2 Å². The number of carbonyl (C=O) groups is 1. The lowest BCUT2D eigenvalue weighted by Crippen LogP contribution is -2.10. The van der Waals surface area contributed by atoms with Crippen molar-refractivity contribution in [2.45, 2.75) is 32.9 Å². The van der Waals surface area contributed by atoms with Crippen LogP contribution in [0.25, 0.3) is 11.5 Å². The lowest BCUT2D eigenvalue weighted by molar-refractivity contribution is 0.102. The SMILES string of the molecule is COc1ccc(-c2nnc(SCC(=O)c3c(C)c(C)cc(C)c3C)o2)cc1. The van der Waals surface area contributed by atoms with Gasteiger partial charge in [-0.15, -0.1) is 10.2 Å². The Kier molecular flexibility index (Phi) is 5.65. The molecule has 0 saturated carbocycles. The molecule has 0 atom stereocenters. The number of methoxy groups -OCH3 is 1. The number of thioether (sulfide) groups is 1. The molecule has 27 heavy (non-hydrogen) atoms. The fourth-order valence-electron chi connectivity index (χ4n) is 2.95. The molecule has 6 heteroatoms. The smallest absolute Gasteiger partial charge is 0.277 e. The van der Waals surface area contributed by atoms with Gasteiger partial charge in [-0.3, -0.25) is 4.79 Å². The molecule has 3 aromatic rings. The second kappa shape index (κ2) is 7.96. The normalized spacial score (nSPS) is 10.9. The Labute approximate surface area is 163 Å². The predicted molar refractivity (Wildman–Crippen MR) is 107 cm³/mol. The summed E-state index contributed by atoms with van der Waals surface area (Å²) in [6.45, 7) is 8.05. The quantitative estimate of drug-likeness (QED) is 0.444. The van der Waals surface area contributed by atoms with Gasteiger partial charge in [0.2, 0.25) is 5.89 Å². The summed E-state index contributed by atoms with van der Waals surface area (Å²) in [5.74, 6) is 1.52. The highest BCUT2D eigenvalue weighted by Crippen LogP contribution is 2.27. The van der Waals surface area contributed by atoms with Gasteiger partial charge in [0.1, 0.15) is 5.75 Å². The maximum Gasteiger partial charge on any atom is 0.277 e. The largest absolute Gasteiger partial charge is 0.497 e. The molecular formula is C21H22N2O3S. The molecule has 0 fully saturated rings. The van der Waals surface area contributed by atoms with Crippen molar-refractivity contribution in [1.82, 2.24) is 10.2 Å². The van der Waals surface area contributed by atoms with E-state index in [1.807, 2.05) is 52.0 Å². The van der Waals surface area contributed by atoms with Gasteiger partial charge in [-0.05, 0) is 74.2 Å². The first kappa shape index (κ1) is 19.2. The number of ether oxygens (including phenoxy) is 1. The van der Waals surface area contributed by atoms with Crippen molar-refractivity contribution >= 4 is 17.5 Å². The highest BCUT2D eigenvalue weighted by atomic mass is 32.2. The van der Waals surface area contributed by atoms with Crippen LogP contribution < -0.4 is 4.74 Å². The van der Waals surface area contributed by atoms with Crippen molar-refractivity contribution in [2.75, 3.05) is 12.9 Å². The van der Waals surface area contributed by atoms with E-state index in [-0.39, 0.29) is 11.5 Å². The number of hydrogen-bond acceptors (Lipinski definition) is 6. The number of aryl methyl sites for hydroxylation is 2. The minimum atomic E-state index is 0.0750.